The maximum atomic E-state index is 11.6. The molecule has 0 aliphatic heterocycles. The van der Waals surface area contributed by atoms with Gasteiger partial charge in [-0.2, -0.15) is 0 Å². The van der Waals surface area contributed by atoms with Crippen molar-refractivity contribution in [1.29, 1.82) is 0 Å². The maximum Gasteiger partial charge on any atom is 0.360 e. The molecule has 0 spiro atoms. The van der Waals surface area contributed by atoms with Crippen LogP contribution in [0.1, 0.15) is 41.0 Å². The molecule has 0 aliphatic carbocycles. The van der Waals surface area contributed by atoms with Gasteiger partial charge in [-0.1, -0.05) is 13.5 Å². The maximum absolute atomic E-state index is 11.6. The molecule has 1 unspecified atom stereocenters. The Bertz CT molecular complexity index is 276. The molecule has 17 heavy (non-hydrogen) atoms. The van der Waals surface area contributed by atoms with Crippen molar-refractivity contribution in [3.63, 3.8) is 0 Å². The Morgan fingerprint density at radius 1 is 1.24 bits per heavy atom. The van der Waals surface area contributed by atoms with E-state index in [1.807, 2.05) is 27.7 Å². The van der Waals surface area contributed by atoms with Crippen LogP contribution in [0.25, 0.3) is 0 Å². The lowest BCUT2D eigenvalue weighted by molar-refractivity contribution is -1.02. The molecule has 4 heteroatoms. The minimum Gasteiger partial charge on any atom is -0.381 e. The van der Waals surface area contributed by atoms with E-state index in [9.17, 15) is 9.90 Å². The van der Waals surface area contributed by atoms with Crippen LogP contribution >= 0.6 is 0 Å². The molecule has 1 N–H and O–H groups in total. The fraction of sp³-hybridized carbons (Fsp3) is 0.769. The van der Waals surface area contributed by atoms with Gasteiger partial charge in [0, 0.05) is 5.57 Å². The van der Waals surface area contributed by atoms with E-state index in [1.54, 1.807) is 6.92 Å². The molecular formula is C13H26NO3+. The summed E-state index contributed by atoms with van der Waals surface area (Å²) in [6, 6.07) is 0. The normalized spacial score (nSPS) is 15.2. The van der Waals surface area contributed by atoms with Crippen LogP contribution < -0.4 is 0 Å². The molecule has 0 heterocycles. The van der Waals surface area contributed by atoms with Gasteiger partial charge in [-0.25, -0.2) is 4.79 Å². The topological polar surface area (TPSA) is 46.5 Å². The molecule has 0 aromatic heterocycles. The summed E-state index contributed by atoms with van der Waals surface area (Å²) < 4.78 is 5.63. The summed E-state index contributed by atoms with van der Waals surface area (Å²) in [7, 11) is 0. The first-order valence-electron chi connectivity index (χ1n) is 6.29. The highest BCUT2D eigenvalue weighted by atomic mass is 16.7. The molecule has 0 aliphatic rings. The third kappa shape index (κ3) is 3.07. The smallest absolute Gasteiger partial charge is 0.360 e. The molecule has 0 bridgehead atoms. The molecule has 0 radical (unpaired) electrons. The van der Waals surface area contributed by atoms with E-state index < -0.39 is 11.9 Å². The summed E-state index contributed by atoms with van der Waals surface area (Å²) >= 11 is 0. The first-order chi connectivity index (χ1) is 7.82. The second-order valence-corrected chi connectivity index (χ2v) is 4.36. The van der Waals surface area contributed by atoms with E-state index >= 15 is 0 Å². The number of ether oxygens (including phenoxy) is 1. The van der Waals surface area contributed by atoms with Crippen LogP contribution in [0.3, 0.4) is 0 Å². The predicted molar refractivity (Wildman–Crippen MR) is 68.0 cm³/mol. The molecular weight excluding hydrogens is 218 g/mol. The van der Waals surface area contributed by atoms with Crippen LogP contribution in [0.5, 0.6) is 0 Å². The average molecular weight is 244 g/mol. The van der Waals surface area contributed by atoms with Gasteiger partial charge in [0.25, 0.3) is 0 Å². The SMILES string of the molecule is C=C(C)C(=O)OC(O)(CC)[N+](CC)(CC)CC. The van der Waals surface area contributed by atoms with Crippen molar-refractivity contribution in [2.24, 2.45) is 0 Å². The average Bonchev–Trinajstić information content (AvgIpc) is 2.31. The summed E-state index contributed by atoms with van der Waals surface area (Å²) in [5.74, 6) is -2.00. The molecule has 4 nitrogen and oxygen atoms in total. The molecule has 0 aromatic rings. The van der Waals surface area contributed by atoms with Gasteiger partial charge >= 0.3 is 11.9 Å². The lowest BCUT2D eigenvalue weighted by Crippen LogP contribution is -2.66. The van der Waals surface area contributed by atoms with Gasteiger partial charge in [0.15, 0.2) is 0 Å². The van der Waals surface area contributed by atoms with Crippen molar-refractivity contribution in [2.45, 2.75) is 47.0 Å². The zero-order chi connectivity index (χ0) is 13.7. The van der Waals surface area contributed by atoms with Crippen molar-refractivity contribution in [3.8, 4) is 0 Å². The summed E-state index contributed by atoms with van der Waals surface area (Å²) in [5, 5.41) is 10.6. The van der Waals surface area contributed by atoms with Gasteiger partial charge < -0.3 is 9.84 Å². The minimum absolute atomic E-state index is 0.304. The van der Waals surface area contributed by atoms with Gasteiger partial charge in [-0.15, -0.1) is 0 Å². The van der Waals surface area contributed by atoms with Crippen LogP contribution in [-0.4, -0.2) is 41.1 Å². The van der Waals surface area contributed by atoms with Gasteiger partial charge in [0.05, 0.1) is 26.1 Å². The highest BCUT2D eigenvalue weighted by molar-refractivity contribution is 5.87. The summed E-state index contributed by atoms with van der Waals surface area (Å²) in [5.41, 5.74) is 0.304. The van der Waals surface area contributed by atoms with Crippen molar-refractivity contribution in [1.82, 2.24) is 0 Å². The second kappa shape index (κ2) is 6.17. The Balaban J connectivity index is 5.23. The Labute approximate surface area is 104 Å². The molecule has 0 saturated carbocycles. The fourth-order valence-corrected chi connectivity index (χ4v) is 2.15. The molecule has 0 saturated heterocycles. The van der Waals surface area contributed by atoms with E-state index in [2.05, 4.69) is 6.58 Å². The molecule has 0 rings (SSSR count). The Hall–Kier alpha value is -0.870. The Morgan fingerprint density at radius 3 is 1.88 bits per heavy atom. The Kier molecular flexibility index (Phi) is 5.85. The summed E-state index contributed by atoms with van der Waals surface area (Å²) in [4.78, 5) is 11.6. The van der Waals surface area contributed by atoms with Crippen LogP contribution in [0.2, 0.25) is 0 Å². The monoisotopic (exact) mass is 244 g/mol. The van der Waals surface area contributed by atoms with E-state index in [0.717, 1.165) is 0 Å². The van der Waals surface area contributed by atoms with Crippen LogP contribution in [0.4, 0.5) is 0 Å². The number of nitrogens with zero attached hydrogens (tertiary/aromatic N) is 1. The quantitative estimate of drug-likeness (QED) is 0.323. The van der Waals surface area contributed by atoms with Crippen molar-refractivity contribution in [2.75, 3.05) is 19.6 Å². The number of quaternary nitrogens is 1. The molecule has 100 valence electrons. The van der Waals surface area contributed by atoms with E-state index in [1.165, 1.54) is 0 Å². The number of carbonyl (C=O) groups excluding carboxylic acids is 1. The van der Waals surface area contributed by atoms with Crippen LogP contribution in [-0.2, 0) is 9.53 Å². The fourth-order valence-electron chi connectivity index (χ4n) is 2.15. The lowest BCUT2D eigenvalue weighted by atomic mass is 10.2. The molecule has 0 amide bonds. The molecule has 0 fully saturated rings. The van der Waals surface area contributed by atoms with Gasteiger partial charge in [0.2, 0.25) is 0 Å². The molecule has 1 atom stereocenters. The van der Waals surface area contributed by atoms with E-state index in [0.29, 0.717) is 36.1 Å². The summed E-state index contributed by atoms with van der Waals surface area (Å²) in [6.45, 7) is 15.0. The van der Waals surface area contributed by atoms with Crippen molar-refractivity contribution in [3.05, 3.63) is 12.2 Å². The van der Waals surface area contributed by atoms with Crippen molar-refractivity contribution >= 4 is 5.97 Å². The number of hydrogen-bond donors (Lipinski definition) is 1. The number of esters is 1. The van der Waals surface area contributed by atoms with E-state index in [4.69, 9.17) is 4.74 Å². The van der Waals surface area contributed by atoms with Gasteiger partial charge in [-0.05, 0) is 27.7 Å². The number of rotatable bonds is 7. The van der Waals surface area contributed by atoms with Gasteiger partial charge in [0.1, 0.15) is 0 Å². The standard InChI is InChI=1S/C13H26NO3/c1-7-13(16,17-12(15)11(5)6)14(8-2,9-3)10-4/h16H,5,7-10H2,1-4,6H3/q+1. The lowest BCUT2D eigenvalue weighted by Gasteiger charge is -2.46. The highest BCUT2D eigenvalue weighted by Crippen LogP contribution is 2.28. The first kappa shape index (κ1) is 16.1. The zero-order valence-corrected chi connectivity index (χ0v) is 11.7. The van der Waals surface area contributed by atoms with Crippen molar-refractivity contribution < 1.29 is 19.1 Å². The summed E-state index contributed by atoms with van der Waals surface area (Å²) in [6.07, 6.45) is 0.363. The highest BCUT2D eigenvalue weighted by Gasteiger charge is 2.49. The first-order valence-corrected chi connectivity index (χ1v) is 6.29. The third-order valence-corrected chi connectivity index (χ3v) is 3.62. The van der Waals surface area contributed by atoms with Crippen LogP contribution in [0, 0.1) is 0 Å². The molecule has 0 aromatic carbocycles. The largest absolute Gasteiger partial charge is 0.381 e. The number of carbonyl (C=O) groups is 1. The zero-order valence-electron chi connectivity index (χ0n) is 11.7. The number of hydrogen-bond acceptors (Lipinski definition) is 3. The van der Waals surface area contributed by atoms with E-state index in [-0.39, 0.29) is 0 Å². The third-order valence-electron chi connectivity index (χ3n) is 3.62. The van der Waals surface area contributed by atoms with Gasteiger partial charge in [-0.3, -0.25) is 4.48 Å². The number of aliphatic hydroxyl groups is 1. The Morgan fingerprint density at radius 2 is 1.65 bits per heavy atom. The minimum atomic E-state index is -1.46. The van der Waals surface area contributed by atoms with Crippen LogP contribution in [0.15, 0.2) is 12.2 Å². The second-order valence-electron chi connectivity index (χ2n) is 4.36. The predicted octanol–water partition coefficient (Wildman–Crippen LogP) is 2.04.